The van der Waals surface area contributed by atoms with Gasteiger partial charge in [-0.2, -0.15) is 0 Å². The van der Waals surface area contributed by atoms with Gasteiger partial charge in [0.15, 0.2) is 0 Å². The molecule has 20 heavy (non-hydrogen) atoms. The van der Waals surface area contributed by atoms with E-state index in [1.165, 1.54) is 44.9 Å². The Labute approximate surface area is 123 Å². The maximum absolute atomic E-state index is 10.2. The first-order valence-electron chi connectivity index (χ1n) is 7.98. The number of hydrogen-bond acceptors (Lipinski definition) is 2. The van der Waals surface area contributed by atoms with Crippen LogP contribution in [0.15, 0.2) is 0 Å². The van der Waals surface area contributed by atoms with Gasteiger partial charge in [-0.3, -0.25) is 9.59 Å². The molecule has 0 spiro atoms. The molecule has 0 aliphatic heterocycles. The molecule has 0 saturated carbocycles. The van der Waals surface area contributed by atoms with E-state index in [0.29, 0.717) is 12.8 Å². The van der Waals surface area contributed by atoms with E-state index >= 15 is 0 Å². The van der Waals surface area contributed by atoms with E-state index in [0.717, 1.165) is 19.3 Å². The molecule has 0 aliphatic rings. The number of carbonyl (C=O) groups is 2. The van der Waals surface area contributed by atoms with Crippen molar-refractivity contribution >= 4 is 11.9 Å². The lowest BCUT2D eigenvalue weighted by Crippen LogP contribution is -1.93. The van der Waals surface area contributed by atoms with Gasteiger partial charge in [-0.1, -0.05) is 65.2 Å². The number of hydrogen-bond donors (Lipinski definition) is 2. The van der Waals surface area contributed by atoms with E-state index in [1.807, 2.05) is 6.92 Å². The van der Waals surface area contributed by atoms with Gasteiger partial charge in [-0.15, -0.1) is 0 Å². The van der Waals surface area contributed by atoms with Gasteiger partial charge < -0.3 is 10.2 Å². The van der Waals surface area contributed by atoms with Crippen LogP contribution in [0.5, 0.6) is 0 Å². The molecule has 0 bridgehead atoms. The van der Waals surface area contributed by atoms with E-state index in [-0.39, 0.29) is 0 Å². The molecule has 0 aromatic carbocycles. The quantitative estimate of drug-likeness (QED) is 0.503. The Balaban J connectivity index is 0. The van der Waals surface area contributed by atoms with Gasteiger partial charge >= 0.3 is 11.9 Å². The summed E-state index contributed by atoms with van der Waals surface area (Å²) in [6.45, 7) is 4.07. The van der Waals surface area contributed by atoms with Gasteiger partial charge in [0.2, 0.25) is 0 Å². The minimum atomic E-state index is -0.711. The first-order valence-corrected chi connectivity index (χ1v) is 7.98. The smallest absolute Gasteiger partial charge is 0.303 e. The van der Waals surface area contributed by atoms with Gasteiger partial charge in [0.25, 0.3) is 0 Å². The summed E-state index contributed by atoms with van der Waals surface area (Å²) in [6, 6.07) is 0. The number of unbranched alkanes of at least 4 members (excludes halogenated alkanes) is 8. The van der Waals surface area contributed by atoms with Crippen molar-refractivity contribution in [1.82, 2.24) is 0 Å². The van der Waals surface area contributed by atoms with Gasteiger partial charge in [-0.05, 0) is 12.8 Å². The molecule has 0 atom stereocenters. The van der Waals surface area contributed by atoms with Crippen molar-refractivity contribution in [2.24, 2.45) is 0 Å². The molecule has 0 aromatic heterocycles. The lowest BCUT2D eigenvalue weighted by atomic mass is 10.1. The van der Waals surface area contributed by atoms with Crippen molar-refractivity contribution in [3.8, 4) is 0 Å². The van der Waals surface area contributed by atoms with Crippen LogP contribution in [0.2, 0.25) is 0 Å². The number of aliphatic carboxylic acids is 2. The summed E-state index contributed by atoms with van der Waals surface area (Å²) in [5.74, 6) is -1.37. The molecule has 0 radical (unpaired) electrons. The third kappa shape index (κ3) is 25.7. The molecule has 2 N–H and O–H groups in total. The lowest BCUT2D eigenvalue weighted by Gasteiger charge is -2.00. The highest BCUT2D eigenvalue weighted by Crippen LogP contribution is 2.10. The molecule has 0 amide bonds. The highest BCUT2D eigenvalue weighted by molar-refractivity contribution is 5.66. The van der Waals surface area contributed by atoms with Crippen LogP contribution >= 0.6 is 0 Å². The molecule has 120 valence electrons. The van der Waals surface area contributed by atoms with Crippen LogP contribution in [0.1, 0.15) is 90.9 Å². The molecule has 0 rings (SSSR count). The molecule has 0 fully saturated rings. The molecular formula is C16H32O4. The Hall–Kier alpha value is -1.06. The zero-order valence-corrected chi connectivity index (χ0v) is 13.2. The molecule has 0 saturated heterocycles. The lowest BCUT2D eigenvalue weighted by molar-refractivity contribution is -0.138. The molecule has 0 heterocycles. The largest absolute Gasteiger partial charge is 0.481 e. The van der Waals surface area contributed by atoms with E-state index < -0.39 is 11.9 Å². The highest BCUT2D eigenvalue weighted by atomic mass is 16.4. The average Bonchev–Trinajstić information content (AvgIpc) is 2.37. The predicted octanol–water partition coefficient (Wildman–Crippen LogP) is 4.86. The summed E-state index contributed by atoms with van der Waals surface area (Å²) in [4.78, 5) is 19.8. The van der Waals surface area contributed by atoms with Crippen LogP contribution in [-0.4, -0.2) is 22.2 Å². The minimum Gasteiger partial charge on any atom is -0.481 e. The number of carboxylic acids is 2. The Morgan fingerprint density at radius 1 is 0.600 bits per heavy atom. The topological polar surface area (TPSA) is 74.6 Å². The van der Waals surface area contributed by atoms with E-state index in [2.05, 4.69) is 6.92 Å². The first-order chi connectivity index (χ1) is 9.54. The van der Waals surface area contributed by atoms with Gasteiger partial charge in [0.1, 0.15) is 0 Å². The third-order valence-corrected chi connectivity index (χ3v) is 2.96. The molecule has 4 heteroatoms. The van der Waals surface area contributed by atoms with Gasteiger partial charge in [0.05, 0.1) is 0 Å². The summed E-state index contributed by atoms with van der Waals surface area (Å²) in [7, 11) is 0. The summed E-state index contributed by atoms with van der Waals surface area (Å²) < 4.78 is 0. The fourth-order valence-corrected chi connectivity index (χ4v) is 1.80. The second-order valence-corrected chi connectivity index (χ2v) is 5.12. The van der Waals surface area contributed by atoms with Gasteiger partial charge in [-0.25, -0.2) is 0 Å². The van der Waals surface area contributed by atoms with Crippen LogP contribution in [-0.2, 0) is 9.59 Å². The number of carboxylic acid groups (broad SMARTS) is 2. The highest BCUT2D eigenvalue weighted by Gasteiger charge is 1.96. The Bertz CT molecular complexity index is 227. The number of rotatable bonds is 12. The zero-order valence-electron chi connectivity index (χ0n) is 13.2. The van der Waals surface area contributed by atoms with Crippen molar-refractivity contribution in [3.05, 3.63) is 0 Å². The summed E-state index contributed by atoms with van der Waals surface area (Å²) in [5.41, 5.74) is 0. The second kappa shape index (κ2) is 17.9. The van der Waals surface area contributed by atoms with E-state index in [1.54, 1.807) is 0 Å². The zero-order chi connectivity index (χ0) is 15.6. The van der Waals surface area contributed by atoms with E-state index in [4.69, 9.17) is 10.2 Å². The molecule has 0 aliphatic carbocycles. The average molecular weight is 288 g/mol. The maximum Gasteiger partial charge on any atom is 0.303 e. The van der Waals surface area contributed by atoms with Crippen molar-refractivity contribution in [1.29, 1.82) is 0 Å². The van der Waals surface area contributed by atoms with Crippen LogP contribution in [0.3, 0.4) is 0 Å². The van der Waals surface area contributed by atoms with Crippen LogP contribution in [0.25, 0.3) is 0 Å². The van der Waals surface area contributed by atoms with Crippen LogP contribution in [0.4, 0.5) is 0 Å². The molecule has 4 nitrogen and oxygen atoms in total. The minimum absolute atomic E-state index is 0.292. The van der Waals surface area contributed by atoms with Crippen molar-refractivity contribution in [2.45, 2.75) is 90.9 Å². The fraction of sp³-hybridized carbons (Fsp3) is 0.875. The first kappa shape index (κ1) is 21.2. The molecule has 0 unspecified atom stereocenters. The SMILES string of the molecule is CCCC(=O)O.CCCCCCCCCCCC(=O)O. The van der Waals surface area contributed by atoms with Gasteiger partial charge in [0, 0.05) is 12.8 Å². The van der Waals surface area contributed by atoms with Crippen LogP contribution in [0, 0.1) is 0 Å². The van der Waals surface area contributed by atoms with Crippen molar-refractivity contribution in [3.63, 3.8) is 0 Å². The van der Waals surface area contributed by atoms with Crippen LogP contribution < -0.4 is 0 Å². The third-order valence-electron chi connectivity index (χ3n) is 2.96. The summed E-state index contributed by atoms with van der Waals surface area (Å²) >= 11 is 0. The standard InChI is InChI=1S/C12H24O2.C4H8O2/c1-2-3-4-5-6-7-8-9-10-11-12(13)14;1-2-3-4(5)6/h2-11H2,1H3,(H,13,14);2-3H2,1H3,(H,5,6). The second-order valence-electron chi connectivity index (χ2n) is 5.12. The maximum atomic E-state index is 10.2. The molecular weight excluding hydrogens is 256 g/mol. The summed E-state index contributed by atoms with van der Waals surface area (Å²) in [5, 5.41) is 16.3. The monoisotopic (exact) mass is 288 g/mol. The normalized spacial score (nSPS) is 9.70. The van der Waals surface area contributed by atoms with Crippen molar-refractivity contribution in [2.75, 3.05) is 0 Å². The predicted molar refractivity (Wildman–Crippen MR) is 82.0 cm³/mol. The van der Waals surface area contributed by atoms with E-state index in [9.17, 15) is 9.59 Å². The Morgan fingerprint density at radius 3 is 1.30 bits per heavy atom. The van der Waals surface area contributed by atoms with Crippen molar-refractivity contribution < 1.29 is 19.8 Å². The Kier molecular flexibility index (Phi) is 19.1. The molecule has 0 aromatic rings. The fourth-order valence-electron chi connectivity index (χ4n) is 1.80. The Morgan fingerprint density at radius 2 is 1.00 bits per heavy atom. The summed E-state index contributed by atoms with van der Waals surface area (Å²) in [6.07, 6.45) is 12.5.